The van der Waals surface area contributed by atoms with E-state index in [1.54, 1.807) is 7.11 Å². The van der Waals surface area contributed by atoms with Crippen molar-refractivity contribution in [2.24, 2.45) is 0 Å². The van der Waals surface area contributed by atoms with Crippen LogP contribution in [0.25, 0.3) is 0 Å². The lowest BCUT2D eigenvalue weighted by molar-refractivity contribution is 0.0588. The maximum atomic E-state index is 5.63. The Morgan fingerprint density at radius 3 is 2.21 bits per heavy atom. The topological polar surface area (TPSA) is 30.5 Å². The van der Waals surface area contributed by atoms with Crippen LogP contribution < -0.4 is 5.32 Å². The molecule has 1 unspecified atom stereocenters. The van der Waals surface area contributed by atoms with Crippen LogP contribution in [0.5, 0.6) is 0 Å². The second-order valence-electron chi connectivity index (χ2n) is 5.00. The molecule has 0 aromatic heterocycles. The molecule has 0 aliphatic carbocycles. The van der Waals surface area contributed by atoms with E-state index in [1.807, 2.05) is 0 Å². The zero-order valence-corrected chi connectivity index (χ0v) is 12.6. The lowest BCUT2D eigenvalue weighted by Gasteiger charge is -2.19. The van der Waals surface area contributed by atoms with E-state index < -0.39 is 0 Å². The summed E-state index contributed by atoms with van der Waals surface area (Å²) < 4.78 is 10.6. The fourth-order valence-corrected chi connectivity index (χ4v) is 1.98. The Morgan fingerprint density at radius 1 is 1.05 bits per heavy atom. The lowest BCUT2D eigenvalue weighted by Crippen LogP contribution is -2.26. The molecule has 1 rings (SSSR count). The molecule has 0 saturated carbocycles. The van der Waals surface area contributed by atoms with E-state index in [-0.39, 0.29) is 6.04 Å². The Kier molecular flexibility index (Phi) is 7.72. The van der Waals surface area contributed by atoms with Crippen LogP contribution in [0, 0.1) is 0 Å². The van der Waals surface area contributed by atoms with Crippen LogP contribution in [0.3, 0.4) is 0 Å². The number of hydrogen-bond donors (Lipinski definition) is 1. The third-order valence-corrected chi connectivity index (χ3v) is 3.17. The number of rotatable bonds is 9. The fourth-order valence-electron chi connectivity index (χ4n) is 1.98. The second kappa shape index (κ2) is 9.08. The number of ether oxygens (including phenoxy) is 2. The van der Waals surface area contributed by atoms with Crippen molar-refractivity contribution < 1.29 is 9.47 Å². The molecular weight excluding hydrogens is 238 g/mol. The van der Waals surface area contributed by atoms with Crippen LogP contribution in [0.1, 0.15) is 43.9 Å². The highest BCUT2D eigenvalue weighted by atomic mass is 16.5. The van der Waals surface area contributed by atoms with Crippen molar-refractivity contribution in [3.8, 4) is 0 Å². The molecule has 0 aliphatic rings. The van der Waals surface area contributed by atoms with Gasteiger partial charge in [-0.2, -0.15) is 0 Å². The molecule has 3 nitrogen and oxygen atoms in total. The van der Waals surface area contributed by atoms with Gasteiger partial charge in [0.15, 0.2) is 0 Å². The molecule has 0 aliphatic heterocycles. The van der Waals surface area contributed by atoms with Gasteiger partial charge in [-0.3, -0.25) is 0 Å². The number of nitrogens with one attached hydrogen (secondary N) is 1. The first-order valence-corrected chi connectivity index (χ1v) is 7.09. The van der Waals surface area contributed by atoms with Gasteiger partial charge in [0.05, 0.1) is 25.9 Å². The van der Waals surface area contributed by atoms with Gasteiger partial charge in [-0.05, 0) is 23.6 Å². The molecule has 0 spiro atoms. The van der Waals surface area contributed by atoms with Gasteiger partial charge in [0.25, 0.3) is 0 Å². The highest BCUT2D eigenvalue weighted by molar-refractivity contribution is 5.27. The van der Waals surface area contributed by atoms with E-state index in [1.165, 1.54) is 11.1 Å². The maximum absolute atomic E-state index is 5.63. The first-order valence-electron chi connectivity index (χ1n) is 7.09. The molecule has 1 aromatic carbocycles. The van der Waals surface area contributed by atoms with Crippen molar-refractivity contribution in [2.75, 3.05) is 33.5 Å². The summed E-state index contributed by atoms with van der Waals surface area (Å²) in [6.45, 7) is 9.44. The zero-order valence-electron chi connectivity index (χ0n) is 12.6. The van der Waals surface area contributed by atoms with E-state index in [0.29, 0.717) is 25.7 Å². The minimum Gasteiger partial charge on any atom is -0.382 e. The van der Waals surface area contributed by atoms with E-state index in [2.05, 4.69) is 50.4 Å². The Bertz CT molecular complexity index is 335. The molecule has 1 aromatic rings. The number of methoxy groups -OCH3 is 1. The molecule has 108 valence electrons. The summed E-state index contributed by atoms with van der Waals surface area (Å²) in [5.41, 5.74) is 2.66. The molecule has 19 heavy (non-hydrogen) atoms. The summed E-state index contributed by atoms with van der Waals surface area (Å²) in [7, 11) is 1.69. The Balaban J connectivity index is 2.59. The van der Waals surface area contributed by atoms with Crippen LogP contribution in [0.15, 0.2) is 24.3 Å². The quantitative estimate of drug-likeness (QED) is 0.696. The lowest BCUT2D eigenvalue weighted by atomic mass is 9.99. The van der Waals surface area contributed by atoms with Crippen molar-refractivity contribution in [1.29, 1.82) is 0 Å². The standard InChI is InChI=1S/C16H27NO2/c1-5-17-16(12-19-11-10-18-4)15-8-6-14(7-9-15)13(2)3/h6-9,13,16-17H,5,10-12H2,1-4H3. The molecule has 0 heterocycles. The summed E-state index contributed by atoms with van der Waals surface area (Å²) in [6.07, 6.45) is 0. The predicted octanol–water partition coefficient (Wildman–Crippen LogP) is 3.12. The van der Waals surface area contributed by atoms with Crippen LogP contribution in [-0.2, 0) is 9.47 Å². The van der Waals surface area contributed by atoms with E-state index >= 15 is 0 Å². The molecule has 0 bridgehead atoms. The Morgan fingerprint density at radius 2 is 1.68 bits per heavy atom. The summed E-state index contributed by atoms with van der Waals surface area (Å²) >= 11 is 0. The smallest absolute Gasteiger partial charge is 0.0701 e. The molecule has 1 atom stereocenters. The average Bonchev–Trinajstić information content (AvgIpc) is 2.42. The van der Waals surface area contributed by atoms with Gasteiger partial charge in [0.2, 0.25) is 0 Å². The molecule has 0 fully saturated rings. The molecule has 3 heteroatoms. The fraction of sp³-hybridized carbons (Fsp3) is 0.625. The number of likely N-dealkylation sites (N-methyl/N-ethyl adjacent to an activating group) is 1. The monoisotopic (exact) mass is 265 g/mol. The summed E-state index contributed by atoms with van der Waals surface area (Å²) in [6, 6.07) is 9.06. The highest BCUT2D eigenvalue weighted by Gasteiger charge is 2.10. The van der Waals surface area contributed by atoms with Crippen molar-refractivity contribution in [3.05, 3.63) is 35.4 Å². The van der Waals surface area contributed by atoms with Crippen LogP contribution in [0.2, 0.25) is 0 Å². The van der Waals surface area contributed by atoms with Gasteiger partial charge < -0.3 is 14.8 Å². The minimum atomic E-state index is 0.253. The summed E-state index contributed by atoms with van der Waals surface area (Å²) in [4.78, 5) is 0. The van der Waals surface area contributed by atoms with Gasteiger partial charge in [-0.25, -0.2) is 0 Å². The third kappa shape index (κ3) is 5.72. The van der Waals surface area contributed by atoms with Crippen molar-refractivity contribution in [1.82, 2.24) is 5.32 Å². The normalized spacial score (nSPS) is 12.9. The number of hydrogen-bond acceptors (Lipinski definition) is 3. The first-order chi connectivity index (χ1) is 9.19. The molecule has 1 N–H and O–H groups in total. The molecule has 0 saturated heterocycles. The van der Waals surface area contributed by atoms with Crippen molar-refractivity contribution in [2.45, 2.75) is 32.7 Å². The van der Waals surface area contributed by atoms with Crippen LogP contribution >= 0.6 is 0 Å². The number of benzene rings is 1. The van der Waals surface area contributed by atoms with Crippen molar-refractivity contribution in [3.63, 3.8) is 0 Å². The summed E-state index contributed by atoms with van der Waals surface area (Å²) in [5, 5.41) is 3.46. The predicted molar refractivity (Wildman–Crippen MR) is 79.6 cm³/mol. The van der Waals surface area contributed by atoms with E-state index in [9.17, 15) is 0 Å². The third-order valence-electron chi connectivity index (χ3n) is 3.17. The van der Waals surface area contributed by atoms with Crippen LogP contribution in [0.4, 0.5) is 0 Å². The first kappa shape index (κ1) is 16.2. The van der Waals surface area contributed by atoms with Gasteiger partial charge in [0, 0.05) is 7.11 Å². The van der Waals surface area contributed by atoms with Crippen molar-refractivity contribution >= 4 is 0 Å². The second-order valence-corrected chi connectivity index (χ2v) is 5.00. The maximum Gasteiger partial charge on any atom is 0.0701 e. The SMILES string of the molecule is CCNC(COCCOC)c1ccc(C(C)C)cc1. The molecule has 0 amide bonds. The zero-order chi connectivity index (χ0) is 14.1. The largest absolute Gasteiger partial charge is 0.382 e. The van der Waals surface area contributed by atoms with Crippen LogP contribution in [-0.4, -0.2) is 33.5 Å². The minimum absolute atomic E-state index is 0.253. The van der Waals surface area contributed by atoms with Gasteiger partial charge in [0.1, 0.15) is 0 Å². The van der Waals surface area contributed by atoms with Gasteiger partial charge in [-0.1, -0.05) is 45.0 Å². The molecule has 0 radical (unpaired) electrons. The Labute approximate surface area is 117 Å². The Hall–Kier alpha value is -0.900. The molecular formula is C16H27NO2. The highest BCUT2D eigenvalue weighted by Crippen LogP contribution is 2.19. The average molecular weight is 265 g/mol. The van der Waals surface area contributed by atoms with Gasteiger partial charge >= 0.3 is 0 Å². The van der Waals surface area contributed by atoms with E-state index in [0.717, 1.165) is 6.54 Å². The van der Waals surface area contributed by atoms with Gasteiger partial charge in [-0.15, -0.1) is 0 Å². The van der Waals surface area contributed by atoms with E-state index in [4.69, 9.17) is 9.47 Å². The summed E-state index contributed by atoms with van der Waals surface area (Å²) in [5.74, 6) is 0.574.